The Balaban J connectivity index is 2.10. The first kappa shape index (κ1) is 13.6. The quantitative estimate of drug-likeness (QED) is 0.747. The third-order valence-corrected chi connectivity index (χ3v) is 4.47. The predicted octanol–water partition coefficient (Wildman–Crippen LogP) is 3.69. The summed E-state index contributed by atoms with van der Waals surface area (Å²) in [5.41, 5.74) is 7.62. The average molecular weight is 301 g/mol. The van der Waals surface area contributed by atoms with Crippen LogP contribution in [0.4, 0.5) is 5.69 Å². The van der Waals surface area contributed by atoms with Crippen molar-refractivity contribution in [3.05, 3.63) is 35.0 Å². The first-order valence-corrected chi connectivity index (χ1v) is 7.24. The third kappa shape index (κ3) is 2.38. The van der Waals surface area contributed by atoms with Gasteiger partial charge in [-0.1, -0.05) is 0 Å². The molecule has 0 saturated carbocycles. The van der Waals surface area contributed by atoms with Gasteiger partial charge < -0.3 is 15.2 Å². The van der Waals surface area contributed by atoms with Gasteiger partial charge in [0.05, 0.1) is 18.2 Å². The molecule has 108 valence electrons. The smallest absolute Gasteiger partial charge is 0.231 e. The number of aromatic nitrogens is 2. The van der Waals surface area contributed by atoms with Gasteiger partial charge in [-0.05, 0) is 31.5 Å². The van der Waals surface area contributed by atoms with Crippen LogP contribution in [0.15, 0.2) is 24.5 Å². The Bertz CT molecular complexity index is 814. The van der Waals surface area contributed by atoms with Crippen LogP contribution in [0.25, 0.3) is 10.2 Å². The minimum atomic E-state index is 0.516. The van der Waals surface area contributed by atoms with E-state index in [1.165, 1.54) is 11.2 Å². The average Bonchev–Trinajstić information content (AvgIpc) is 2.77. The van der Waals surface area contributed by atoms with Crippen LogP contribution < -0.4 is 15.2 Å². The lowest BCUT2D eigenvalue weighted by molar-refractivity contribution is 0.408. The van der Waals surface area contributed by atoms with E-state index in [1.54, 1.807) is 36.6 Å². The fraction of sp³-hybridized carbons (Fsp3) is 0.200. The molecule has 0 bridgehead atoms. The maximum Gasteiger partial charge on any atom is 0.231 e. The van der Waals surface area contributed by atoms with Gasteiger partial charge in [-0.25, -0.2) is 9.97 Å². The number of fused-ring (bicyclic) bond motifs is 1. The van der Waals surface area contributed by atoms with Gasteiger partial charge in [-0.3, -0.25) is 0 Å². The number of anilines is 1. The van der Waals surface area contributed by atoms with E-state index in [2.05, 4.69) is 16.9 Å². The third-order valence-electron chi connectivity index (χ3n) is 3.36. The fourth-order valence-electron chi connectivity index (χ4n) is 2.06. The molecule has 0 aliphatic carbocycles. The van der Waals surface area contributed by atoms with Crippen molar-refractivity contribution in [2.75, 3.05) is 12.8 Å². The molecule has 0 amide bonds. The van der Waals surface area contributed by atoms with Crippen LogP contribution in [0.2, 0.25) is 0 Å². The standard InChI is InChI=1S/C15H15N3O2S/c1-8-9(2)21-15-13(8)14(17-7-18-15)20-12-6-10(19-3)4-5-11(12)16/h4-7H,16H2,1-3H3. The molecule has 0 atom stereocenters. The lowest BCUT2D eigenvalue weighted by Crippen LogP contribution is -1.96. The van der Waals surface area contributed by atoms with Crippen molar-refractivity contribution in [2.24, 2.45) is 0 Å². The largest absolute Gasteiger partial charge is 0.497 e. The first-order chi connectivity index (χ1) is 10.1. The Kier molecular flexibility index (Phi) is 3.39. The molecule has 0 radical (unpaired) electrons. The molecule has 3 aromatic rings. The molecule has 3 rings (SSSR count). The summed E-state index contributed by atoms with van der Waals surface area (Å²) in [6.07, 6.45) is 1.50. The highest BCUT2D eigenvalue weighted by Crippen LogP contribution is 2.37. The van der Waals surface area contributed by atoms with Gasteiger partial charge >= 0.3 is 0 Å². The van der Waals surface area contributed by atoms with Gasteiger partial charge in [-0.2, -0.15) is 0 Å². The van der Waals surface area contributed by atoms with E-state index < -0.39 is 0 Å². The number of methoxy groups -OCH3 is 1. The van der Waals surface area contributed by atoms with Crippen LogP contribution >= 0.6 is 11.3 Å². The van der Waals surface area contributed by atoms with E-state index in [1.807, 2.05) is 6.92 Å². The summed E-state index contributed by atoms with van der Waals surface area (Å²) >= 11 is 1.63. The van der Waals surface area contributed by atoms with E-state index in [-0.39, 0.29) is 0 Å². The molecule has 5 nitrogen and oxygen atoms in total. The second-order valence-electron chi connectivity index (χ2n) is 4.65. The minimum absolute atomic E-state index is 0.516. The second kappa shape index (κ2) is 5.21. The van der Waals surface area contributed by atoms with Gasteiger partial charge in [-0.15, -0.1) is 11.3 Å². The molecule has 0 aliphatic heterocycles. The summed E-state index contributed by atoms with van der Waals surface area (Å²) in [4.78, 5) is 10.7. The predicted molar refractivity (Wildman–Crippen MR) is 84.4 cm³/mol. The van der Waals surface area contributed by atoms with Crippen LogP contribution in [0.1, 0.15) is 10.4 Å². The van der Waals surface area contributed by atoms with Gasteiger partial charge in [0.25, 0.3) is 0 Å². The van der Waals surface area contributed by atoms with E-state index in [9.17, 15) is 0 Å². The van der Waals surface area contributed by atoms with Crippen molar-refractivity contribution in [1.29, 1.82) is 0 Å². The molecule has 0 unspecified atom stereocenters. The second-order valence-corrected chi connectivity index (χ2v) is 5.85. The monoisotopic (exact) mass is 301 g/mol. The Hall–Kier alpha value is -2.34. The number of rotatable bonds is 3. The Morgan fingerprint density at radius 1 is 1.19 bits per heavy atom. The van der Waals surface area contributed by atoms with E-state index >= 15 is 0 Å². The topological polar surface area (TPSA) is 70.3 Å². The highest BCUT2D eigenvalue weighted by atomic mass is 32.1. The molecule has 21 heavy (non-hydrogen) atoms. The van der Waals surface area contributed by atoms with Crippen molar-refractivity contribution in [2.45, 2.75) is 13.8 Å². The van der Waals surface area contributed by atoms with Crippen molar-refractivity contribution >= 4 is 27.2 Å². The van der Waals surface area contributed by atoms with Gasteiger partial charge in [0, 0.05) is 10.9 Å². The molecule has 0 saturated heterocycles. The minimum Gasteiger partial charge on any atom is -0.497 e. The lowest BCUT2D eigenvalue weighted by atomic mass is 10.2. The fourth-order valence-corrected chi connectivity index (χ4v) is 3.05. The van der Waals surface area contributed by atoms with Crippen LogP contribution in [0, 0.1) is 13.8 Å². The number of ether oxygens (including phenoxy) is 2. The van der Waals surface area contributed by atoms with E-state index in [0.717, 1.165) is 15.8 Å². The molecular weight excluding hydrogens is 286 g/mol. The van der Waals surface area contributed by atoms with Crippen molar-refractivity contribution < 1.29 is 9.47 Å². The molecule has 2 heterocycles. The molecule has 6 heteroatoms. The summed E-state index contributed by atoms with van der Waals surface area (Å²) in [6.45, 7) is 4.10. The zero-order valence-corrected chi connectivity index (χ0v) is 12.8. The highest BCUT2D eigenvalue weighted by Gasteiger charge is 2.15. The van der Waals surface area contributed by atoms with Crippen LogP contribution in [-0.4, -0.2) is 17.1 Å². The molecule has 2 aromatic heterocycles. The molecule has 1 aromatic carbocycles. The zero-order chi connectivity index (χ0) is 15.0. The molecule has 0 spiro atoms. The zero-order valence-electron chi connectivity index (χ0n) is 12.0. The number of nitrogen functional groups attached to an aromatic ring is 1. The maximum absolute atomic E-state index is 5.96. The highest BCUT2D eigenvalue weighted by molar-refractivity contribution is 7.18. The Labute approximate surface area is 126 Å². The van der Waals surface area contributed by atoms with Crippen molar-refractivity contribution in [1.82, 2.24) is 9.97 Å². The summed E-state index contributed by atoms with van der Waals surface area (Å²) < 4.78 is 11.1. The van der Waals surface area contributed by atoms with Gasteiger partial charge in [0.1, 0.15) is 16.9 Å². The number of aryl methyl sites for hydroxylation is 2. The van der Waals surface area contributed by atoms with Gasteiger partial charge in [0.2, 0.25) is 5.88 Å². The first-order valence-electron chi connectivity index (χ1n) is 6.42. The number of hydrogen-bond donors (Lipinski definition) is 1. The summed E-state index contributed by atoms with van der Waals surface area (Å²) in [7, 11) is 1.60. The van der Waals surface area contributed by atoms with Crippen LogP contribution in [0.3, 0.4) is 0 Å². The normalized spacial score (nSPS) is 10.8. The SMILES string of the molecule is COc1ccc(N)c(Oc2ncnc3sc(C)c(C)c23)c1. The number of thiophene rings is 1. The molecule has 2 N–H and O–H groups in total. The maximum atomic E-state index is 5.96. The van der Waals surface area contributed by atoms with Crippen LogP contribution in [-0.2, 0) is 0 Å². The molecular formula is C15H15N3O2S. The summed E-state index contributed by atoms with van der Waals surface area (Å²) in [6, 6.07) is 5.29. The Morgan fingerprint density at radius 3 is 2.76 bits per heavy atom. The molecule has 0 aliphatic rings. The lowest BCUT2D eigenvalue weighted by Gasteiger charge is -2.10. The number of nitrogens with two attached hydrogens (primary N) is 1. The van der Waals surface area contributed by atoms with Crippen molar-refractivity contribution in [3.63, 3.8) is 0 Å². The van der Waals surface area contributed by atoms with E-state index in [0.29, 0.717) is 23.1 Å². The summed E-state index contributed by atoms with van der Waals surface area (Å²) in [5.74, 6) is 1.72. The number of benzene rings is 1. The summed E-state index contributed by atoms with van der Waals surface area (Å²) in [5, 5.41) is 0.933. The van der Waals surface area contributed by atoms with Crippen LogP contribution in [0.5, 0.6) is 17.4 Å². The Morgan fingerprint density at radius 2 is 2.00 bits per heavy atom. The van der Waals surface area contributed by atoms with Gasteiger partial charge in [0.15, 0.2) is 5.75 Å². The number of hydrogen-bond acceptors (Lipinski definition) is 6. The van der Waals surface area contributed by atoms with E-state index in [4.69, 9.17) is 15.2 Å². The number of nitrogens with zero attached hydrogens (tertiary/aromatic N) is 2. The van der Waals surface area contributed by atoms with Crippen molar-refractivity contribution in [3.8, 4) is 17.4 Å². The molecule has 0 fully saturated rings.